The van der Waals surface area contributed by atoms with E-state index in [4.69, 9.17) is 0 Å². The summed E-state index contributed by atoms with van der Waals surface area (Å²) in [6, 6.07) is 7.36. The number of hydrogen-bond acceptors (Lipinski definition) is 3. The van der Waals surface area contributed by atoms with Crippen LogP contribution < -0.4 is 5.32 Å². The van der Waals surface area contributed by atoms with Crippen molar-refractivity contribution in [2.24, 2.45) is 5.92 Å². The van der Waals surface area contributed by atoms with Gasteiger partial charge in [0.25, 0.3) is 0 Å². The van der Waals surface area contributed by atoms with Crippen LogP contribution in [-0.2, 0) is 10.0 Å². The molecule has 0 aliphatic heterocycles. The molecule has 120 valence electrons. The van der Waals surface area contributed by atoms with Crippen LogP contribution in [0.4, 0.5) is 0 Å². The molecule has 0 aromatic heterocycles. The predicted molar refractivity (Wildman–Crippen MR) is 87.8 cm³/mol. The van der Waals surface area contributed by atoms with Gasteiger partial charge in [0.15, 0.2) is 0 Å². The van der Waals surface area contributed by atoms with Gasteiger partial charge in [-0.05, 0) is 37.1 Å². The average molecular weight is 312 g/mol. The molecule has 5 heteroatoms. The highest BCUT2D eigenvalue weighted by Gasteiger charge is 2.17. The van der Waals surface area contributed by atoms with Crippen molar-refractivity contribution in [3.8, 4) is 0 Å². The highest BCUT2D eigenvalue weighted by atomic mass is 32.2. The SMILES string of the molecule is CCC(CC)CNC(C)c1ccc(S(=O)(=O)N(C)C)cc1. The van der Waals surface area contributed by atoms with Gasteiger partial charge in [0.1, 0.15) is 0 Å². The Balaban J connectivity index is 2.74. The molecule has 1 rings (SSSR count). The maximum Gasteiger partial charge on any atom is 0.242 e. The van der Waals surface area contributed by atoms with Crippen molar-refractivity contribution in [2.45, 2.75) is 44.6 Å². The number of nitrogens with zero attached hydrogens (tertiary/aromatic N) is 1. The number of benzene rings is 1. The van der Waals surface area contributed by atoms with Crippen molar-refractivity contribution in [3.05, 3.63) is 29.8 Å². The third-order valence-electron chi connectivity index (χ3n) is 4.03. The number of sulfonamides is 1. The topological polar surface area (TPSA) is 49.4 Å². The van der Waals surface area contributed by atoms with Crippen LogP contribution in [0.1, 0.15) is 45.2 Å². The number of nitrogens with one attached hydrogen (secondary N) is 1. The van der Waals surface area contributed by atoms with E-state index in [0.29, 0.717) is 10.8 Å². The molecule has 0 bridgehead atoms. The molecule has 0 aliphatic rings. The van der Waals surface area contributed by atoms with Crippen LogP contribution in [0.25, 0.3) is 0 Å². The van der Waals surface area contributed by atoms with Gasteiger partial charge in [-0.3, -0.25) is 0 Å². The van der Waals surface area contributed by atoms with E-state index in [1.54, 1.807) is 26.2 Å². The molecule has 1 N–H and O–H groups in total. The van der Waals surface area contributed by atoms with E-state index in [9.17, 15) is 8.42 Å². The molecule has 1 unspecified atom stereocenters. The zero-order valence-corrected chi connectivity index (χ0v) is 14.6. The number of rotatable bonds is 8. The summed E-state index contributed by atoms with van der Waals surface area (Å²) in [6.45, 7) is 7.52. The molecule has 1 aromatic rings. The van der Waals surface area contributed by atoms with E-state index < -0.39 is 10.0 Å². The fourth-order valence-corrected chi connectivity index (χ4v) is 3.08. The van der Waals surface area contributed by atoms with Gasteiger partial charge >= 0.3 is 0 Å². The summed E-state index contributed by atoms with van der Waals surface area (Å²) in [7, 11) is -0.251. The molecule has 4 nitrogen and oxygen atoms in total. The van der Waals surface area contributed by atoms with Gasteiger partial charge in [0, 0.05) is 20.1 Å². The molecule has 0 heterocycles. The van der Waals surface area contributed by atoms with Gasteiger partial charge in [0.2, 0.25) is 10.0 Å². The Bertz CT molecular complexity index is 520. The van der Waals surface area contributed by atoms with Crippen LogP contribution >= 0.6 is 0 Å². The first kappa shape index (κ1) is 18.1. The van der Waals surface area contributed by atoms with Crippen molar-refractivity contribution in [1.29, 1.82) is 0 Å². The molecule has 21 heavy (non-hydrogen) atoms. The fourth-order valence-electron chi connectivity index (χ4n) is 2.18. The summed E-state index contributed by atoms with van der Waals surface area (Å²) in [5.74, 6) is 0.695. The quantitative estimate of drug-likeness (QED) is 0.803. The molecule has 0 spiro atoms. The molecule has 0 saturated carbocycles. The van der Waals surface area contributed by atoms with E-state index in [0.717, 1.165) is 12.1 Å². The Labute approximate surface area is 129 Å². The number of hydrogen-bond donors (Lipinski definition) is 1. The van der Waals surface area contributed by atoms with Gasteiger partial charge in [-0.2, -0.15) is 0 Å². The minimum atomic E-state index is -3.34. The second-order valence-corrected chi connectivity index (χ2v) is 7.82. The van der Waals surface area contributed by atoms with E-state index in [2.05, 4.69) is 26.1 Å². The molecule has 0 aliphatic carbocycles. The lowest BCUT2D eigenvalue weighted by Crippen LogP contribution is -2.25. The highest BCUT2D eigenvalue weighted by Crippen LogP contribution is 2.18. The van der Waals surface area contributed by atoms with Crippen molar-refractivity contribution in [3.63, 3.8) is 0 Å². The second kappa shape index (κ2) is 7.92. The minimum Gasteiger partial charge on any atom is -0.310 e. The normalized spacial score (nSPS) is 13.9. The Morgan fingerprint density at radius 2 is 1.62 bits per heavy atom. The lowest BCUT2D eigenvalue weighted by molar-refractivity contribution is 0.422. The molecule has 1 aromatic carbocycles. The molecular formula is C16H28N2O2S. The zero-order valence-electron chi connectivity index (χ0n) is 13.8. The molecule has 1 atom stereocenters. The Hall–Kier alpha value is -0.910. The third-order valence-corrected chi connectivity index (χ3v) is 5.86. The van der Waals surface area contributed by atoms with Gasteiger partial charge in [0.05, 0.1) is 4.90 Å². The van der Waals surface area contributed by atoms with Crippen LogP contribution in [0.5, 0.6) is 0 Å². The molecule has 0 radical (unpaired) electrons. The second-order valence-electron chi connectivity index (χ2n) is 5.67. The van der Waals surface area contributed by atoms with Crippen LogP contribution in [0, 0.1) is 5.92 Å². The van der Waals surface area contributed by atoms with Crippen molar-refractivity contribution < 1.29 is 8.42 Å². The summed E-state index contributed by atoms with van der Waals surface area (Å²) in [5, 5.41) is 3.52. The van der Waals surface area contributed by atoms with E-state index in [1.807, 2.05) is 12.1 Å². The largest absolute Gasteiger partial charge is 0.310 e. The van der Waals surface area contributed by atoms with Gasteiger partial charge < -0.3 is 5.32 Å². The maximum atomic E-state index is 12.0. The first-order valence-electron chi connectivity index (χ1n) is 7.58. The van der Waals surface area contributed by atoms with Crippen LogP contribution in [-0.4, -0.2) is 33.4 Å². The monoisotopic (exact) mass is 312 g/mol. The first-order valence-corrected chi connectivity index (χ1v) is 9.02. The van der Waals surface area contributed by atoms with Crippen LogP contribution in [0.15, 0.2) is 29.2 Å². The Morgan fingerprint density at radius 1 is 1.10 bits per heavy atom. The first-order chi connectivity index (χ1) is 9.82. The van der Waals surface area contributed by atoms with Crippen molar-refractivity contribution >= 4 is 10.0 Å². The van der Waals surface area contributed by atoms with Crippen molar-refractivity contribution in [1.82, 2.24) is 9.62 Å². The summed E-state index contributed by atoms with van der Waals surface area (Å²) in [4.78, 5) is 0.337. The lowest BCUT2D eigenvalue weighted by Gasteiger charge is -2.19. The smallest absolute Gasteiger partial charge is 0.242 e. The van der Waals surface area contributed by atoms with Gasteiger partial charge in [-0.15, -0.1) is 0 Å². The highest BCUT2D eigenvalue weighted by molar-refractivity contribution is 7.89. The molecule has 0 saturated heterocycles. The summed E-state index contributed by atoms with van der Waals surface area (Å²) in [6.07, 6.45) is 2.35. The van der Waals surface area contributed by atoms with Gasteiger partial charge in [-0.1, -0.05) is 38.8 Å². The molecule has 0 amide bonds. The maximum absolute atomic E-state index is 12.0. The van der Waals surface area contributed by atoms with Gasteiger partial charge in [-0.25, -0.2) is 12.7 Å². The fraction of sp³-hybridized carbons (Fsp3) is 0.625. The van der Waals surface area contributed by atoms with E-state index in [-0.39, 0.29) is 6.04 Å². The summed E-state index contributed by atoms with van der Waals surface area (Å²) in [5.41, 5.74) is 1.11. The van der Waals surface area contributed by atoms with Crippen LogP contribution in [0.3, 0.4) is 0 Å². The molecule has 0 fully saturated rings. The Morgan fingerprint density at radius 3 is 2.05 bits per heavy atom. The standard InChI is InChI=1S/C16H28N2O2S/c1-6-14(7-2)12-17-13(3)15-8-10-16(11-9-15)21(19,20)18(4)5/h8-11,13-14,17H,6-7,12H2,1-5H3. The van der Waals surface area contributed by atoms with Crippen molar-refractivity contribution in [2.75, 3.05) is 20.6 Å². The average Bonchev–Trinajstić information content (AvgIpc) is 2.48. The Kier molecular flexibility index (Phi) is 6.84. The molecular weight excluding hydrogens is 284 g/mol. The summed E-state index contributed by atoms with van der Waals surface area (Å²) >= 11 is 0. The zero-order chi connectivity index (χ0) is 16.0. The lowest BCUT2D eigenvalue weighted by atomic mass is 10.0. The van der Waals surface area contributed by atoms with E-state index in [1.165, 1.54) is 17.1 Å². The summed E-state index contributed by atoms with van der Waals surface area (Å²) < 4.78 is 25.3. The third kappa shape index (κ3) is 4.80. The van der Waals surface area contributed by atoms with Crippen LogP contribution in [0.2, 0.25) is 0 Å². The van der Waals surface area contributed by atoms with E-state index >= 15 is 0 Å². The predicted octanol–water partition coefficient (Wildman–Crippen LogP) is 3.02. The minimum absolute atomic E-state index is 0.224.